The number of piperidine rings is 1. The monoisotopic (exact) mass is 399 g/mol. The van der Waals surface area contributed by atoms with Gasteiger partial charge in [-0.05, 0) is 43.9 Å². The second-order valence-electron chi connectivity index (χ2n) is 7.02. The number of benzene rings is 1. The summed E-state index contributed by atoms with van der Waals surface area (Å²) in [7, 11) is -3.49. The fourth-order valence-electron chi connectivity index (χ4n) is 3.61. The molecule has 1 aromatic rings. The fraction of sp³-hybridized carbons (Fsp3) is 0.611. The Labute approximate surface area is 160 Å². The topological polar surface area (TPSA) is 69.7 Å². The maximum Gasteiger partial charge on any atom is 0.281 e. The highest BCUT2D eigenvalue weighted by molar-refractivity contribution is 7.86. The van der Waals surface area contributed by atoms with E-state index in [9.17, 15) is 13.2 Å². The summed E-state index contributed by atoms with van der Waals surface area (Å²) < 4.78 is 29.0. The van der Waals surface area contributed by atoms with Crippen LogP contribution >= 0.6 is 11.6 Å². The predicted octanol–water partition coefficient (Wildman–Crippen LogP) is 3.11. The number of hydrogen-bond acceptors (Lipinski definition) is 3. The van der Waals surface area contributed by atoms with Crippen molar-refractivity contribution in [3.8, 4) is 0 Å². The van der Waals surface area contributed by atoms with Crippen LogP contribution in [-0.2, 0) is 15.0 Å². The van der Waals surface area contributed by atoms with Gasteiger partial charge >= 0.3 is 0 Å². The molecule has 26 heavy (non-hydrogen) atoms. The van der Waals surface area contributed by atoms with E-state index in [1.807, 2.05) is 0 Å². The first-order chi connectivity index (χ1) is 12.5. The maximum atomic E-state index is 13.0. The fourth-order valence-corrected chi connectivity index (χ4v) is 5.58. The number of carbonyl (C=O) groups excluding carboxylic acids is 1. The molecular formula is C18H26ClN3O3S. The molecule has 1 amide bonds. The van der Waals surface area contributed by atoms with Crippen LogP contribution in [0.25, 0.3) is 0 Å². The summed E-state index contributed by atoms with van der Waals surface area (Å²) in [6.07, 6.45) is 5.37. The molecule has 1 aromatic carbocycles. The van der Waals surface area contributed by atoms with Crippen molar-refractivity contribution in [3.05, 3.63) is 29.3 Å². The minimum absolute atomic E-state index is 0.150. The number of nitrogens with zero attached hydrogens (tertiary/aromatic N) is 2. The first-order valence-electron chi connectivity index (χ1n) is 9.28. The molecule has 2 aliphatic rings. The molecule has 1 unspecified atom stereocenters. The van der Waals surface area contributed by atoms with Crippen molar-refractivity contribution in [1.29, 1.82) is 0 Å². The zero-order chi connectivity index (χ0) is 18.6. The number of hydrogen-bond donors (Lipinski definition) is 1. The van der Waals surface area contributed by atoms with E-state index in [-0.39, 0.29) is 18.4 Å². The largest absolute Gasteiger partial charge is 0.326 e. The van der Waals surface area contributed by atoms with Crippen LogP contribution in [0.4, 0.5) is 5.69 Å². The van der Waals surface area contributed by atoms with Crippen LogP contribution in [0.1, 0.15) is 38.5 Å². The van der Waals surface area contributed by atoms with Gasteiger partial charge in [-0.2, -0.15) is 17.0 Å². The van der Waals surface area contributed by atoms with Crippen LogP contribution in [-0.4, -0.2) is 49.1 Å². The number of carbonyl (C=O) groups is 1. The first kappa shape index (κ1) is 19.6. The zero-order valence-corrected chi connectivity index (χ0v) is 16.4. The lowest BCUT2D eigenvalue weighted by atomic mass is 9.99. The molecular weight excluding hydrogens is 374 g/mol. The van der Waals surface area contributed by atoms with Gasteiger partial charge in [-0.25, -0.2) is 0 Å². The van der Waals surface area contributed by atoms with Crippen LogP contribution in [0.2, 0.25) is 5.02 Å². The molecule has 0 aliphatic carbocycles. The summed E-state index contributed by atoms with van der Waals surface area (Å²) >= 11 is 5.95. The van der Waals surface area contributed by atoms with Crippen LogP contribution in [0.3, 0.4) is 0 Å². The Morgan fingerprint density at radius 1 is 1.04 bits per heavy atom. The molecule has 2 fully saturated rings. The van der Waals surface area contributed by atoms with Crippen molar-refractivity contribution in [2.24, 2.45) is 5.92 Å². The van der Waals surface area contributed by atoms with E-state index in [1.54, 1.807) is 28.6 Å². The quantitative estimate of drug-likeness (QED) is 0.845. The third-order valence-electron chi connectivity index (χ3n) is 5.06. The van der Waals surface area contributed by atoms with Gasteiger partial charge in [-0.1, -0.05) is 30.5 Å². The summed E-state index contributed by atoms with van der Waals surface area (Å²) in [5.41, 5.74) is 0.634. The molecule has 1 N–H and O–H groups in total. The highest BCUT2D eigenvalue weighted by atomic mass is 35.5. The standard InChI is InChI=1S/C18H26ClN3O3S/c19-16-8-5-9-17(13-16)20-18(23)15-7-6-12-22(14-15)26(24,25)21-10-3-1-2-4-11-21/h5,8-9,13,15H,1-4,6-7,10-12,14H2,(H,20,23). The lowest BCUT2D eigenvalue weighted by molar-refractivity contribution is -0.120. The van der Waals surface area contributed by atoms with Gasteiger partial charge in [0.15, 0.2) is 0 Å². The van der Waals surface area contributed by atoms with E-state index in [4.69, 9.17) is 11.6 Å². The minimum Gasteiger partial charge on any atom is -0.326 e. The van der Waals surface area contributed by atoms with Gasteiger partial charge in [0.25, 0.3) is 10.2 Å². The third-order valence-corrected chi connectivity index (χ3v) is 7.30. The predicted molar refractivity (Wildman–Crippen MR) is 103 cm³/mol. The Bertz CT molecular complexity index is 733. The Hall–Kier alpha value is -1.15. The lowest BCUT2D eigenvalue weighted by Gasteiger charge is -2.34. The van der Waals surface area contributed by atoms with Gasteiger partial charge < -0.3 is 5.32 Å². The number of halogens is 1. The molecule has 2 saturated heterocycles. The second kappa shape index (κ2) is 8.69. The Balaban J connectivity index is 1.65. The maximum absolute atomic E-state index is 13.0. The van der Waals surface area contributed by atoms with E-state index in [2.05, 4.69) is 5.32 Å². The lowest BCUT2D eigenvalue weighted by Crippen LogP contribution is -2.50. The summed E-state index contributed by atoms with van der Waals surface area (Å²) in [6.45, 7) is 1.89. The molecule has 8 heteroatoms. The summed E-state index contributed by atoms with van der Waals surface area (Å²) in [5.74, 6) is -0.493. The van der Waals surface area contributed by atoms with Gasteiger partial charge in [-0.3, -0.25) is 4.79 Å². The van der Waals surface area contributed by atoms with Crippen LogP contribution < -0.4 is 5.32 Å². The molecule has 144 valence electrons. The molecule has 0 aromatic heterocycles. The second-order valence-corrected chi connectivity index (χ2v) is 9.38. The Kier molecular flexibility index (Phi) is 6.55. The molecule has 0 spiro atoms. The summed E-state index contributed by atoms with van der Waals surface area (Å²) in [6, 6.07) is 6.98. The molecule has 0 radical (unpaired) electrons. The minimum atomic E-state index is -3.49. The van der Waals surface area contributed by atoms with E-state index in [1.165, 1.54) is 4.31 Å². The van der Waals surface area contributed by atoms with Gasteiger partial charge in [0, 0.05) is 36.9 Å². The van der Waals surface area contributed by atoms with Crippen molar-refractivity contribution >= 4 is 33.4 Å². The average Bonchev–Trinajstić information content (AvgIpc) is 2.92. The number of rotatable bonds is 4. The summed E-state index contributed by atoms with van der Waals surface area (Å²) in [4.78, 5) is 12.6. The average molecular weight is 400 g/mol. The number of nitrogens with one attached hydrogen (secondary N) is 1. The highest BCUT2D eigenvalue weighted by Crippen LogP contribution is 2.25. The first-order valence-corrected chi connectivity index (χ1v) is 11.1. The molecule has 6 nitrogen and oxygen atoms in total. The zero-order valence-electron chi connectivity index (χ0n) is 14.9. The molecule has 2 heterocycles. The molecule has 0 saturated carbocycles. The van der Waals surface area contributed by atoms with Crippen LogP contribution in [0.15, 0.2) is 24.3 Å². The number of anilines is 1. The van der Waals surface area contributed by atoms with Crippen molar-refractivity contribution in [3.63, 3.8) is 0 Å². The van der Waals surface area contributed by atoms with Crippen molar-refractivity contribution < 1.29 is 13.2 Å². The third kappa shape index (κ3) is 4.76. The SMILES string of the molecule is O=C(Nc1cccc(Cl)c1)C1CCCN(S(=O)(=O)N2CCCCCC2)C1. The Morgan fingerprint density at radius 3 is 2.42 bits per heavy atom. The highest BCUT2D eigenvalue weighted by Gasteiger charge is 2.36. The molecule has 3 rings (SSSR count). The van der Waals surface area contributed by atoms with Crippen molar-refractivity contribution in [2.75, 3.05) is 31.5 Å². The smallest absolute Gasteiger partial charge is 0.281 e. The van der Waals surface area contributed by atoms with Gasteiger partial charge in [0.1, 0.15) is 0 Å². The van der Waals surface area contributed by atoms with Crippen LogP contribution in [0.5, 0.6) is 0 Å². The van der Waals surface area contributed by atoms with Gasteiger partial charge in [0.05, 0.1) is 5.92 Å². The Morgan fingerprint density at radius 2 is 1.73 bits per heavy atom. The van der Waals surface area contributed by atoms with E-state index in [0.717, 1.165) is 25.7 Å². The van der Waals surface area contributed by atoms with Crippen LogP contribution in [0, 0.1) is 5.92 Å². The normalized spacial score (nSPS) is 23.3. The van der Waals surface area contributed by atoms with Gasteiger partial charge in [-0.15, -0.1) is 0 Å². The molecule has 0 bridgehead atoms. The van der Waals surface area contributed by atoms with E-state index < -0.39 is 10.2 Å². The van der Waals surface area contributed by atoms with E-state index >= 15 is 0 Å². The van der Waals surface area contributed by atoms with E-state index in [0.29, 0.717) is 43.2 Å². The van der Waals surface area contributed by atoms with Crippen molar-refractivity contribution in [1.82, 2.24) is 8.61 Å². The molecule has 1 atom stereocenters. The number of amides is 1. The summed E-state index contributed by atoms with van der Waals surface area (Å²) in [5, 5.41) is 3.41. The van der Waals surface area contributed by atoms with Crippen molar-refractivity contribution in [2.45, 2.75) is 38.5 Å². The molecule has 2 aliphatic heterocycles. The van der Waals surface area contributed by atoms with Gasteiger partial charge in [0.2, 0.25) is 5.91 Å².